The van der Waals surface area contributed by atoms with Gasteiger partial charge in [-0.3, -0.25) is 30.9 Å². The normalized spacial score (nSPS) is 10.1. The van der Waals surface area contributed by atoms with Crippen LogP contribution in [0.5, 0.6) is 0 Å². The van der Waals surface area contributed by atoms with E-state index in [0.717, 1.165) is 0 Å². The number of carbonyl (C=O) groups is 1. The molecule has 0 saturated carbocycles. The fraction of sp³-hybridized carbons (Fsp3) is 0.0909. The van der Waals surface area contributed by atoms with Crippen LogP contribution < -0.4 is 10.9 Å². The minimum Gasteiger partial charge on any atom is -0.298 e. The van der Waals surface area contributed by atoms with Crippen LogP contribution in [0.3, 0.4) is 0 Å². The summed E-state index contributed by atoms with van der Waals surface area (Å²) in [5.74, 6) is -0.712. The standard InChI is InChI=1S/C11H10ClN5O3/c1-6-10(17(19)20)9(15-13-6)11(18)16-14-8-4-2-7(12)3-5-8/h2-5,14H,1H3,(H,13,15)(H,16,18). The first kappa shape index (κ1) is 13.8. The number of carbonyl (C=O) groups excluding carboxylic acids is 1. The van der Waals surface area contributed by atoms with E-state index in [-0.39, 0.29) is 17.1 Å². The Labute approximate surface area is 118 Å². The van der Waals surface area contributed by atoms with Gasteiger partial charge in [-0.05, 0) is 31.2 Å². The summed E-state index contributed by atoms with van der Waals surface area (Å²) in [6.45, 7) is 1.47. The fourth-order valence-corrected chi connectivity index (χ4v) is 1.65. The summed E-state index contributed by atoms with van der Waals surface area (Å²) in [5.41, 5.74) is 5.10. The van der Waals surface area contributed by atoms with Gasteiger partial charge in [0.05, 0.1) is 10.6 Å². The predicted molar refractivity (Wildman–Crippen MR) is 72.5 cm³/mol. The topological polar surface area (TPSA) is 113 Å². The van der Waals surface area contributed by atoms with Gasteiger partial charge in [0.1, 0.15) is 5.69 Å². The number of halogens is 1. The molecule has 0 aliphatic rings. The number of nitrogens with zero attached hydrogens (tertiary/aromatic N) is 2. The Morgan fingerprint density at radius 3 is 2.65 bits per heavy atom. The van der Waals surface area contributed by atoms with E-state index in [2.05, 4.69) is 21.0 Å². The number of anilines is 1. The fourth-order valence-electron chi connectivity index (χ4n) is 1.53. The Balaban J connectivity index is 2.09. The van der Waals surface area contributed by atoms with Crippen LogP contribution in [0.1, 0.15) is 16.2 Å². The van der Waals surface area contributed by atoms with Gasteiger partial charge in [-0.15, -0.1) is 0 Å². The summed E-state index contributed by atoms with van der Waals surface area (Å²) in [6, 6.07) is 6.56. The molecule has 2 rings (SSSR count). The number of rotatable bonds is 4. The van der Waals surface area contributed by atoms with Crippen LogP contribution in [0.4, 0.5) is 11.4 Å². The predicted octanol–water partition coefficient (Wildman–Crippen LogP) is 2.04. The van der Waals surface area contributed by atoms with Crippen molar-refractivity contribution >= 4 is 28.9 Å². The lowest BCUT2D eigenvalue weighted by Crippen LogP contribution is -2.30. The molecule has 1 aromatic carbocycles. The Bertz CT molecular complexity index is 653. The SMILES string of the molecule is Cc1[nH]nc(C(=O)NNc2ccc(Cl)cc2)c1[N+](=O)[O-]. The maximum absolute atomic E-state index is 11.8. The number of H-pyrrole nitrogens is 1. The van der Waals surface area contributed by atoms with Gasteiger partial charge < -0.3 is 0 Å². The molecule has 20 heavy (non-hydrogen) atoms. The molecular formula is C11H10ClN5O3. The quantitative estimate of drug-likeness (QED) is 0.590. The number of benzene rings is 1. The van der Waals surface area contributed by atoms with Crippen LogP contribution in [0, 0.1) is 17.0 Å². The van der Waals surface area contributed by atoms with E-state index in [0.29, 0.717) is 10.7 Å². The van der Waals surface area contributed by atoms with Crippen molar-refractivity contribution in [3.63, 3.8) is 0 Å². The largest absolute Gasteiger partial charge is 0.322 e. The monoisotopic (exact) mass is 295 g/mol. The molecule has 0 fully saturated rings. The lowest BCUT2D eigenvalue weighted by Gasteiger charge is -2.06. The van der Waals surface area contributed by atoms with Crippen molar-refractivity contribution in [3.8, 4) is 0 Å². The van der Waals surface area contributed by atoms with Crippen molar-refractivity contribution in [2.24, 2.45) is 0 Å². The average Bonchev–Trinajstić information content (AvgIpc) is 2.80. The Hall–Kier alpha value is -2.61. The molecule has 1 aromatic heterocycles. The van der Waals surface area contributed by atoms with Crippen LogP contribution >= 0.6 is 11.6 Å². The van der Waals surface area contributed by atoms with Gasteiger partial charge in [-0.2, -0.15) is 5.10 Å². The average molecular weight is 296 g/mol. The minimum atomic E-state index is -0.712. The zero-order chi connectivity index (χ0) is 14.7. The van der Waals surface area contributed by atoms with Crippen LogP contribution in [-0.2, 0) is 0 Å². The van der Waals surface area contributed by atoms with Gasteiger partial charge in [0, 0.05) is 5.02 Å². The maximum atomic E-state index is 11.8. The van der Waals surface area contributed by atoms with Crippen molar-refractivity contribution < 1.29 is 9.72 Å². The van der Waals surface area contributed by atoms with E-state index in [4.69, 9.17) is 11.6 Å². The molecule has 2 aromatic rings. The summed E-state index contributed by atoms with van der Waals surface area (Å²) in [6.07, 6.45) is 0. The van der Waals surface area contributed by atoms with Gasteiger partial charge in [0.15, 0.2) is 0 Å². The highest BCUT2D eigenvalue weighted by Gasteiger charge is 2.26. The number of hydrogen-bond acceptors (Lipinski definition) is 5. The van der Waals surface area contributed by atoms with Crippen molar-refractivity contribution in [2.45, 2.75) is 6.92 Å². The molecule has 0 unspecified atom stereocenters. The Kier molecular flexibility index (Phi) is 3.85. The first-order valence-electron chi connectivity index (χ1n) is 5.50. The smallest absolute Gasteiger partial charge is 0.298 e. The highest BCUT2D eigenvalue weighted by atomic mass is 35.5. The number of hydrogen-bond donors (Lipinski definition) is 3. The van der Waals surface area contributed by atoms with Crippen LogP contribution in [0.25, 0.3) is 0 Å². The van der Waals surface area contributed by atoms with E-state index in [1.807, 2.05) is 0 Å². The number of aryl methyl sites for hydroxylation is 1. The molecule has 0 aliphatic heterocycles. The molecule has 0 aliphatic carbocycles. The van der Waals surface area contributed by atoms with Crippen molar-refractivity contribution in [1.82, 2.24) is 15.6 Å². The summed E-state index contributed by atoms with van der Waals surface area (Å²) in [5, 5.41) is 17.4. The number of amides is 1. The number of nitro groups is 1. The third kappa shape index (κ3) is 2.86. The molecule has 0 atom stereocenters. The van der Waals surface area contributed by atoms with Crippen molar-refractivity contribution in [1.29, 1.82) is 0 Å². The second kappa shape index (κ2) is 5.57. The first-order valence-corrected chi connectivity index (χ1v) is 5.88. The van der Waals surface area contributed by atoms with E-state index >= 15 is 0 Å². The molecule has 0 saturated heterocycles. The van der Waals surface area contributed by atoms with Gasteiger partial charge in [0.25, 0.3) is 5.91 Å². The van der Waals surface area contributed by atoms with Crippen molar-refractivity contribution in [3.05, 3.63) is 50.8 Å². The number of hydrazine groups is 1. The van der Waals surface area contributed by atoms with Crippen LogP contribution in [0.2, 0.25) is 5.02 Å². The summed E-state index contributed by atoms with van der Waals surface area (Å²) >= 11 is 5.72. The van der Waals surface area contributed by atoms with E-state index in [1.165, 1.54) is 6.92 Å². The van der Waals surface area contributed by atoms with Crippen LogP contribution in [0.15, 0.2) is 24.3 Å². The van der Waals surface area contributed by atoms with E-state index in [9.17, 15) is 14.9 Å². The Morgan fingerprint density at radius 2 is 2.05 bits per heavy atom. The molecule has 1 heterocycles. The Morgan fingerprint density at radius 1 is 1.40 bits per heavy atom. The summed E-state index contributed by atoms with van der Waals surface area (Å²) in [4.78, 5) is 22.0. The lowest BCUT2D eigenvalue weighted by molar-refractivity contribution is -0.385. The van der Waals surface area contributed by atoms with Gasteiger partial charge in [-0.1, -0.05) is 11.6 Å². The molecule has 0 radical (unpaired) electrons. The van der Waals surface area contributed by atoms with Gasteiger partial charge >= 0.3 is 5.69 Å². The molecular weight excluding hydrogens is 286 g/mol. The molecule has 0 bridgehead atoms. The molecule has 1 amide bonds. The highest BCUT2D eigenvalue weighted by Crippen LogP contribution is 2.20. The van der Waals surface area contributed by atoms with Crippen molar-refractivity contribution in [2.75, 3.05) is 5.43 Å². The zero-order valence-electron chi connectivity index (χ0n) is 10.3. The zero-order valence-corrected chi connectivity index (χ0v) is 11.1. The van der Waals surface area contributed by atoms with Gasteiger partial charge in [-0.25, -0.2) is 0 Å². The summed E-state index contributed by atoms with van der Waals surface area (Å²) < 4.78 is 0. The minimum absolute atomic E-state index is 0.214. The number of nitrogens with one attached hydrogen (secondary N) is 3. The number of aromatic amines is 1. The molecule has 8 nitrogen and oxygen atoms in total. The number of aromatic nitrogens is 2. The molecule has 9 heteroatoms. The van der Waals surface area contributed by atoms with E-state index < -0.39 is 10.8 Å². The highest BCUT2D eigenvalue weighted by molar-refractivity contribution is 6.30. The second-order valence-corrected chi connectivity index (χ2v) is 4.33. The second-order valence-electron chi connectivity index (χ2n) is 3.89. The van der Waals surface area contributed by atoms with E-state index in [1.54, 1.807) is 24.3 Å². The summed E-state index contributed by atoms with van der Waals surface area (Å²) in [7, 11) is 0. The maximum Gasteiger partial charge on any atom is 0.322 e. The third-order valence-corrected chi connectivity index (χ3v) is 2.73. The van der Waals surface area contributed by atoms with Gasteiger partial charge in [0.2, 0.25) is 5.69 Å². The molecule has 3 N–H and O–H groups in total. The third-order valence-electron chi connectivity index (χ3n) is 2.48. The first-order chi connectivity index (χ1) is 9.49. The molecule has 0 spiro atoms. The lowest BCUT2D eigenvalue weighted by atomic mass is 10.3. The molecule has 104 valence electrons. The van der Waals surface area contributed by atoms with Crippen LogP contribution in [-0.4, -0.2) is 21.0 Å².